The van der Waals surface area contributed by atoms with Crippen molar-refractivity contribution in [2.75, 3.05) is 0 Å². The number of ketones is 1. The van der Waals surface area contributed by atoms with E-state index in [9.17, 15) is 14.4 Å². The fourth-order valence-electron chi connectivity index (χ4n) is 2.05. The van der Waals surface area contributed by atoms with Crippen molar-refractivity contribution in [3.63, 3.8) is 0 Å². The molecular weight excluding hydrogens is 292 g/mol. The molecule has 1 unspecified atom stereocenters. The summed E-state index contributed by atoms with van der Waals surface area (Å²) < 4.78 is 0. The van der Waals surface area contributed by atoms with Gasteiger partial charge < -0.3 is 10.3 Å². The highest BCUT2D eigenvalue weighted by molar-refractivity contribution is 8.14. The van der Waals surface area contributed by atoms with Gasteiger partial charge in [-0.3, -0.25) is 14.4 Å². The number of carbonyl (C=O) groups is 3. The Morgan fingerprint density at radius 2 is 2.00 bits per heavy atom. The van der Waals surface area contributed by atoms with E-state index < -0.39 is 5.37 Å². The van der Waals surface area contributed by atoms with E-state index in [1.165, 1.54) is 37.5 Å². The highest BCUT2D eigenvalue weighted by atomic mass is 32.2. The molecule has 1 atom stereocenters. The largest absolute Gasteiger partial charge is 0.359 e. The molecule has 0 radical (unpaired) electrons. The number of Topliss-reactive ketones (excluding diaryl/α,β-unsaturated/α-hetero) is 1. The van der Waals surface area contributed by atoms with Crippen molar-refractivity contribution in [3.8, 4) is 0 Å². The van der Waals surface area contributed by atoms with Crippen molar-refractivity contribution in [1.29, 1.82) is 0 Å². The molecular formula is C13H16N4O3S. The van der Waals surface area contributed by atoms with Gasteiger partial charge in [0.2, 0.25) is 11.8 Å². The molecule has 2 heterocycles. The summed E-state index contributed by atoms with van der Waals surface area (Å²) in [5, 5.41) is 7.89. The van der Waals surface area contributed by atoms with Crippen LogP contribution in [0, 0.1) is 6.92 Å². The number of hydrogen-bond donors (Lipinski definition) is 2. The van der Waals surface area contributed by atoms with Crippen LogP contribution in [-0.2, 0) is 9.59 Å². The van der Waals surface area contributed by atoms with E-state index in [-0.39, 0.29) is 17.6 Å². The Bertz CT molecular complexity index is 650. The summed E-state index contributed by atoms with van der Waals surface area (Å²) in [5.74, 6) is -0.544. The number of hydrogen-bond acceptors (Lipinski definition) is 5. The molecule has 2 amide bonds. The lowest BCUT2D eigenvalue weighted by atomic mass is 10.2. The van der Waals surface area contributed by atoms with Gasteiger partial charge in [0.05, 0.1) is 5.69 Å². The van der Waals surface area contributed by atoms with Crippen LogP contribution < -0.4 is 5.32 Å². The molecule has 8 heteroatoms. The first-order valence-electron chi connectivity index (χ1n) is 6.32. The standard InChI is InChI=1S/C13H16N4O3S/c1-6-10(7(2)18)5-11(14-6)12-17(9(4)20)16-13(21-12)15-8(3)19/h5,12,14H,1-4H3,(H,15,16,19). The van der Waals surface area contributed by atoms with Gasteiger partial charge in [0, 0.05) is 25.1 Å². The van der Waals surface area contributed by atoms with Crippen LogP contribution in [-0.4, -0.2) is 32.8 Å². The minimum Gasteiger partial charge on any atom is -0.359 e. The molecule has 0 spiro atoms. The van der Waals surface area contributed by atoms with E-state index in [1.54, 1.807) is 13.0 Å². The molecule has 1 aromatic rings. The highest BCUT2D eigenvalue weighted by Gasteiger charge is 2.33. The summed E-state index contributed by atoms with van der Waals surface area (Å²) in [4.78, 5) is 37.4. The lowest BCUT2D eigenvalue weighted by Gasteiger charge is -2.17. The van der Waals surface area contributed by atoms with E-state index in [0.29, 0.717) is 16.4 Å². The highest BCUT2D eigenvalue weighted by Crippen LogP contribution is 2.38. The first kappa shape index (κ1) is 15.3. The van der Waals surface area contributed by atoms with Crippen molar-refractivity contribution in [2.45, 2.75) is 33.1 Å². The monoisotopic (exact) mass is 308 g/mol. The summed E-state index contributed by atoms with van der Waals surface area (Å²) in [6, 6.07) is 1.72. The predicted octanol–water partition coefficient (Wildman–Crippen LogP) is 1.53. The number of carbonyl (C=O) groups excluding carboxylic acids is 3. The number of aromatic nitrogens is 1. The van der Waals surface area contributed by atoms with Gasteiger partial charge in [0.1, 0.15) is 5.37 Å². The van der Waals surface area contributed by atoms with Gasteiger partial charge in [-0.05, 0) is 19.9 Å². The van der Waals surface area contributed by atoms with Crippen molar-refractivity contribution in [3.05, 3.63) is 23.0 Å². The molecule has 2 N–H and O–H groups in total. The van der Waals surface area contributed by atoms with Crippen LogP contribution >= 0.6 is 11.8 Å². The molecule has 1 aromatic heterocycles. The Hall–Kier alpha value is -2.09. The van der Waals surface area contributed by atoms with E-state index in [1.807, 2.05) is 0 Å². The number of nitrogens with one attached hydrogen (secondary N) is 2. The van der Waals surface area contributed by atoms with Crippen LogP contribution in [0.2, 0.25) is 0 Å². The Morgan fingerprint density at radius 3 is 2.48 bits per heavy atom. The SMILES string of the molecule is CC(=O)NC1=NN(C(C)=O)C(c2cc(C(C)=O)c(C)[nH]2)S1. The fraction of sp³-hybridized carbons (Fsp3) is 0.385. The molecule has 21 heavy (non-hydrogen) atoms. The Kier molecular flexibility index (Phi) is 4.17. The Morgan fingerprint density at radius 1 is 1.33 bits per heavy atom. The number of aromatic amines is 1. The van der Waals surface area contributed by atoms with E-state index in [2.05, 4.69) is 15.4 Å². The van der Waals surface area contributed by atoms with Crippen LogP contribution in [0.1, 0.15) is 47.9 Å². The second-order valence-corrected chi connectivity index (χ2v) is 5.81. The maximum Gasteiger partial charge on any atom is 0.241 e. The molecule has 1 aliphatic heterocycles. The summed E-state index contributed by atoms with van der Waals surface area (Å²) in [7, 11) is 0. The zero-order valence-corrected chi connectivity index (χ0v) is 13.0. The first-order valence-corrected chi connectivity index (χ1v) is 7.20. The van der Waals surface area contributed by atoms with E-state index in [0.717, 1.165) is 5.69 Å². The fourth-order valence-corrected chi connectivity index (χ4v) is 3.15. The Labute approximate surface area is 126 Å². The molecule has 0 aliphatic carbocycles. The second-order valence-electron chi connectivity index (χ2n) is 4.74. The van der Waals surface area contributed by atoms with Gasteiger partial charge in [-0.15, -0.1) is 5.10 Å². The molecule has 1 aliphatic rings. The quantitative estimate of drug-likeness (QED) is 0.810. The van der Waals surface area contributed by atoms with Crippen molar-refractivity contribution < 1.29 is 14.4 Å². The van der Waals surface area contributed by atoms with E-state index >= 15 is 0 Å². The molecule has 2 rings (SSSR count). The minimum atomic E-state index is -0.420. The normalized spacial score (nSPS) is 17.6. The smallest absolute Gasteiger partial charge is 0.241 e. The first-order chi connectivity index (χ1) is 9.79. The number of amidine groups is 1. The van der Waals surface area contributed by atoms with Crippen molar-refractivity contribution in [1.82, 2.24) is 15.3 Å². The number of amides is 2. The number of hydrazone groups is 1. The summed E-state index contributed by atoms with van der Waals surface area (Å²) >= 11 is 1.24. The Balaban J connectivity index is 2.31. The van der Waals surface area contributed by atoms with Crippen LogP contribution in [0.5, 0.6) is 0 Å². The zero-order valence-electron chi connectivity index (χ0n) is 12.2. The van der Waals surface area contributed by atoms with Crippen LogP contribution in [0.25, 0.3) is 0 Å². The van der Waals surface area contributed by atoms with Gasteiger partial charge in [-0.1, -0.05) is 11.8 Å². The number of nitrogens with zero attached hydrogens (tertiary/aromatic N) is 2. The number of aryl methyl sites for hydroxylation is 1. The third kappa shape index (κ3) is 3.15. The van der Waals surface area contributed by atoms with E-state index in [4.69, 9.17) is 0 Å². The summed E-state index contributed by atoms with van der Waals surface area (Å²) in [5.41, 5.74) is 2.03. The molecule has 7 nitrogen and oxygen atoms in total. The second kappa shape index (κ2) is 5.72. The number of H-pyrrole nitrogens is 1. The third-order valence-corrected chi connectivity index (χ3v) is 4.01. The average molecular weight is 308 g/mol. The molecule has 0 fully saturated rings. The third-order valence-electron chi connectivity index (χ3n) is 2.93. The van der Waals surface area contributed by atoms with Crippen molar-refractivity contribution in [2.24, 2.45) is 5.10 Å². The van der Waals surface area contributed by atoms with Crippen LogP contribution in [0.15, 0.2) is 11.2 Å². The number of rotatable bonds is 2. The van der Waals surface area contributed by atoms with Gasteiger partial charge in [-0.2, -0.15) is 0 Å². The summed E-state index contributed by atoms with van der Waals surface area (Å²) in [6.07, 6.45) is 0. The molecule has 0 saturated heterocycles. The molecule has 112 valence electrons. The molecule has 0 aromatic carbocycles. The molecule has 0 bridgehead atoms. The van der Waals surface area contributed by atoms with Gasteiger partial charge in [-0.25, -0.2) is 5.01 Å². The number of thioether (sulfide) groups is 1. The summed E-state index contributed by atoms with van der Waals surface area (Å²) in [6.45, 7) is 6.06. The molecule has 0 saturated carbocycles. The lowest BCUT2D eigenvalue weighted by Crippen LogP contribution is -2.25. The predicted molar refractivity (Wildman–Crippen MR) is 79.6 cm³/mol. The van der Waals surface area contributed by atoms with Crippen molar-refractivity contribution >= 4 is 34.5 Å². The van der Waals surface area contributed by atoms with Crippen LogP contribution in [0.3, 0.4) is 0 Å². The topological polar surface area (TPSA) is 94.6 Å². The van der Waals surface area contributed by atoms with Gasteiger partial charge in [0.15, 0.2) is 11.0 Å². The average Bonchev–Trinajstić information content (AvgIpc) is 2.91. The van der Waals surface area contributed by atoms with Gasteiger partial charge >= 0.3 is 0 Å². The van der Waals surface area contributed by atoms with Gasteiger partial charge in [0.25, 0.3) is 0 Å². The maximum absolute atomic E-state index is 11.7. The maximum atomic E-state index is 11.7. The lowest BCUT2D eigenvalue weighted by molar-refractivity contribution is -0.129. The zero-order chi connectivity index (χ0) is 15.7. The van der Waals surface area contributed by atoms with Crippen LogP contribution in [0.4, 0.5) is 0 Å². The minimum absolute atomic E-state index is 0.0459.